The van der Waals surface area contributed by atoms with Crippen LogP contribution < -0.4 is 4.74 Å². The molecule has 0 aromatic heterocycles. The number of fused-ring (bicyclic) bond motifs is 1. The van der Waals surface area contributed by atoms with Crippen molar-refractivity contribution in [2.24, 2.45) is 4.40 Å². The number of sulfonamides is 1. The summed E-state index contributed by atoms with van der Waals surface area (Å²) in [5, 5.41) is 2.49. The number of ether oxygens (including phenoxy) is 2. The Morgan fingerprint density at radius 2 is 1.96 bits per heavy atom. The summed E-state index contributed by atoms with van der Waals surface area (Å²) in [5.74, 6) is 0.909. The number of hydrogen-bond donors (Lipinski definition) is 0. The first-order valence-corrected chi connectivity index (χ1v) is 10.4. The van der Waals surface area contributed by atoms with Gasteiger partial charge in [-0.3, -0.25) is 0 Å². The van der Waals surface area contributed by atoms with E-state index in [4.69, 9.17) is 9.47 Å². The van der Waals surface area contributed by atoms with Crippen molar-refractivity contribution in [2.75, 3.05) is 25.5 Å². The molecule has 0 atom stereocenters. The van der Waals surface area contributed by atoms with Gasteiger partial charge in [-0.25, -0.2) is 8.42 Å². The minimum atomic E-state index is -3.30. The van der Waals surface area contributed by atoms with Crippen LogP contribution in [0.1, 0.15) is 18.4 Å². The Hall–Kier alpha value is -1.51. The molecule has 3 heterocycles. The lowest BCUT2D eigenvalue weighted by Gasteiger charge is -2.25. The van der Waals surface area contributed by atoms with Gasteiger partial charge in [-0.05, 0) is 29.8 Å². The second-order valence-electron chi connectivity index (χ2n) is 5.89. The average Bonchev–Trinajstić information content (AvgIpc) is 2.98. The average molecular weight is 366 g/mol. The molecule has 0 aliphatic carbocycles. The molecule has 1 aromatic carbocycles. The number of thioether (sulfide) groups is 1. The molecule has 0 radical (unpaired) electrons. The highest BCUT2D eigenvalue weighted by atomic mass is 32.2. The number of hydrogen-bond acceptors (Lipinski definition) is 6. The molecule has 0 spiro atoms. The minimum Gasteiger partial charge on any atom is -0.490 e. The second kappa shape index (κ2) is 6.42. The number of amidine groups is 1. The van der Waals surface area contributed by atoms with Gasteiger partial charge in [-0.1, -0.05) is 11.8 Å². The molecule has 3 aliphatic rings. The Morgan fingerprint density at radius 1 is 1.21 bits per heavy atom. The van der Waals surface area contributed by atoms with Crippen LogP contribution in [0, 0.1) is 0 Å². The molecule has 8 heteroatoms. The summed E-state index contributed by atoms with van der Waals surface area (Å²) < 4.78 is 38.3. The highest BCUT2D eigenvalue weighted by Gasteiger charge is 2.31. The van der Waals surface area contributed by atoms with E-state index < -0.39 is 10.0 Å². The van der Waals surface area contributed by atoms with Gasteiger partial charge in [-0.2, -0.15) is 0 Å². The van der Waals surface area contributed by atoms with Crippen molar-refractivity contribution < 1.29 is 17.9 Å². The van der Waals surface area contributed by atoms with E-state index >= 15 is 0 Å². The fourth-order valence-electron chi connectivity index (χ4n) is 2.91. The second-order valence-corrected chi connectivity index (χ2v) is 8.48. The highest BCUT2D eigenvalue weighted by Crippen LogP contribution is 2.36. The summed E-state index contributed by atoms with van der Waals surface area (Å²) in [6.45, 7) is 1.96. The van der Waals surface area contributed by atoms with E-state index in [1.807, 2.05) is 34.6 Å². The van der Waals surface area contributed by atoms with Gasteiger partial charge in [0, 0.05) is 24.8 Å². The van der Waals surface area contributed by atoms with Crippen molar-refractivity contribution in [1.29, 1.82) is 0 Å². The zero-order chi connectivity index (χ0) is 16.6. The Bertz CT molecular complexity index is 781. The standard InChI is InChI=1S/C16H18N2O4S2/c19-24(20)10-7-18-15(11-23-16(18)17-24)12-1-3-13(4-2-12)22-14-5-8-21-9-6-14/h1-4,11,14H,5-10H2. The first-order chi connectivity index (χ1) is 11.6. The van der Waals surface area contributed by atoms with Gasteiger partial charge in [0.05, 0.1) is 24.7 Å². The molecule has 24 heavy (non-hydrogen) atoms. The number of rotatable bonds is 3. The SMILES string of the molecule is O=S1(=O)CCN2C(c3ccc(OC4CCOCC4)cc3)=CSC2=N1. The van der Waals surface area contributed by atoms with Crippen LogP contribution in [0.25, 0.3) is 5.70 Å². The summed E-state index contributed by atoms with van der Waals surface area (Å²) in [5.41, 5.74) is 2.03. The highest BCUT2D eigenvalue weighted by molar-refractivity contribution is 8.17. The monoisotopic (exact) mass is 366 g/mol. The van der Waals surface area contributed by atoms with Gasteiger partial charge in [0.15, 0.2) is 5.17 Å². The molecule has 1 saturated heterocycles. The number of benzene rings is 1. The molecule has 4 rings (SSSR count). The smallest absolute Gasteiger partial charge is 0.257 e. The van der Waals surface area contributed by atoms with Crippen LogP contribution in [0.15, 0.2) is 34.1 Å². The van der Waals surface area contributed by atoms with Gasteiger partial charge < -0.3 is 14.4 Å². The van der Waals surface area contributed by atoms with E-state index in [0.29, 0.717) is 11.7 Å². The predicted molar refractivity (Wildman–Crippen MR) is 94.4 cm³/mol. The van der Waals surface area contributed by atoms with E-state index in [1.165, 1.54) is 11.8 Å². The van der Waals surface area contributed by atoms with Crippen LogP contribution in [0.5, 0.6) is 5.75 Å². The molecule has 128 valence electrons. The Morgan fingerprint density at radius 3 is 2.71 bits per heavy atom. The van der Waals surface area contributed by atoms with E-state index in [-0.39, 0.29) is 11.9 Å². The molecular weight excluding hydrogens is 348 g/mol. The Labute approximate surface area is 145 Å². The van der Waals surface area contributed by atoms with Gasteiger partial charge >= 0.3 is 0 Å². The van der Waals surface area contributed by atoms with Crippen LogP contribution in [-0.4, -0.2) is 50.1 Å². The van der Waals surface area contributed by atoms with E-state index in [0.717, 1.165) is 43.1 Å². The lowest BCUT2D eigenvalue weighted by atomic mass is 10.1. The molecule has 3 aliphatic heterocycles. The molecular formula is C16H18N2O4S2. The topological polar surface area (TPSA) is 68.2 Å². The molecule has 1 fully saturated rings. The summed E-state index contributed by atoms with van der Waals surface area (Å²) in [7, 11) is -3.30. The minimum absolute atomic E-state index is 0.0549. The Kier molecular flexibility index (Phi) is 4.28. The van der Waals surface area contributed by atoms with Crippen molar-refractivity contribution in [2.45, 2.75) is 18.9 Å². The zero-order valence-electron chi connectivity index (χ0n) is 13.1. The first-order valence-electron chi connectivity index (χ1n) is 7.93. The van der Waals surface area contributed by atoms with Crippen LogP contribution >= 0.6 is 11.8 Å². The third-order valence-electron chi connectivity index (χ3n) is 4.21. The summed E-state index contributed by atoms with van der Waals surface area (Å²) >= 11 is 1.35. The van der Waals surface area contributed by atoms with E-state index in [2.05, 4.69) is 4.40 Å². The van der Waals surface area contributed by atoms with Crippen molar-refractivity contribution >= 4 is 32.6 Å². The van der Waals surface area contributed by atoms with E-state index in [9.17, 15) is 8.42 Å². The summed E-state index contributed by atoms with van der Waals surface area (Å²) in [4.78, 5) is 1.96. The van der Waals surface area contributed by atoms with Crippen molar-refractivity contribution in [1.82, 2.24) is 4.90 Å². The van der Waals surface area contributed by atoms with E-state index in [1.54, 1.807) is 0 Å². The Balaban J connectivity index is 1.47. The largest absolute Gasteiger partial charge is 0.490 e. The van der Waals surface area contributed by atoms with Crippen molar-refractivity contribution in [3.63, 3.8) is 0 Å². The van der Waals surface area contributed by atoms with Crippen LogP contribution in [0.3, 0.4) is 0 Å². The summed E-state index contributed by atoms with van der Waals surface area (Å²) in [6, 6.07) is 7.94. The van der Waals surface area contributed by atoms with Gasteiger partial charge in [0.1, 0.15) is 11.9 Å². The van der Waals surface area contributed by atoms with Crippen molar-refractivity contribution in [3.05, 3.63) is 35.2 Å². The quantitative estimate of drug-likeness (QED) is 0.818. The maximum Gasteiger partial charge on any atom is 0.257 e. The fraction of sp³-hybridized carbons (Fsp3) is 0.438. The summed E-state index contributed by atoms with van der Waals surface area (Å²) in [6.07, 6.45) is 2.06. The van der Waals surface area contributed by atoms with Gasteiger partial charge in [0.25, 0.3) is 10.0 Å². The molecule has 0 amide bonds. The lowest BCUT2D eigenvalue weighted by Crippen LogP contribution is -2.34. The molecule has 0 N–H and O–H groups in total. The number of nitrogens with zero attached hydrogens (tertiary/aromatic N) is 2. The predicted octanol–water partition coefficient (Wildman–Crippen LogP) is 2.29. The maximum atomic E-state index is 11.6. The molecule has 0 bridgehead atoms. The third kappa shape index (κ3) is 3.31. The molecule has 0 saturated carbocycles. The fourth-order valence-corrected chi connectivity index (χ4v) is 5.06. The van der Waals surface area contributed by atoms with Crippen LogP contribution in [0.2, 0.25) is 0 Å². The maximum absolute atomic E-state index is 11.6. The molecule has 6 nitrogen and oxygen atoms in total. The lowest BCUT2D eigenvalue weighted by molar-refractivity contribution is 0.0256. The molecule has 0 unspecified atom stereocenters. The van der Waals surface area contributed by atoms with Crippen LogP contribution in [-0.2, 0) is 14.8 Å². The first kappa shape index (κ1) is 16.0. The van der Waals surface area contributed by atoms with Crippen LogP contribution in [0.4, 0.5) is 0 Å². The normalized spacial score (nSPS) is 23.4. The van der Waals surface area contributed by atoms with Crippen molar-refractivity contribution in [3.8, 4) is 5.75 Å². The van der Waals surface area contributed by atoms with Gasteiger partial charge in [-0.15, -0.1) is 4.40 Å². The zero-order valence-corrected chi connectivity index (χ0v) is 14.7. The third-order valence-corrected chi connectivity index (χ3v) is 6.34. The molecule has 1 aromatic rings. The van der Waals surface area contributed by atoms with Gasteiger partial charge in [0.2, 0.25) is 0 Å².